The second kappa shape index (κ2) is 10.9. The van der Waals surface area contributed by atoms with Gasteiger partial charge in [0, 0.05) is 30.5 Å². The predicted molar refractivity (Wildman–Crippen MR) is 125 cm³/mol. The molecule has 2 heterocycles. The van der Waals surface area contributed by atoms with Crippen LogP contribution in [0.25, 0.3) is 11.3 Å². The Morgan fingerprint density at radius 1 is 1.19 bits per heavy atom. The van der Waals surface area contributed by atoms with Crippen LogP contribution in [-0.2, 0) is 6.42 Å². The second-order valence-corrected chi connectivity index (χ2v) is 8.43. The highest BCUT2D eigenvalue weighted by atomic mass is 19.1. The Morgan fingerprint density at radius 3 is 2.88 bits per heavy atom. The molecule has 0 unspecified atom stereocenters. The van der Waals surface area contributed by atoms with Crippen LogP contribution in [0, 0.1) is 11.7 Å². The van der Waals surface area contributed by atoms with Crippen molar-refractivity contribution in [3.05, 3.63) is 72.2 Å². The van der Waals surface area contributed by atoms with Gasteiger partial charge >= 0.3 is 6.03 Å². The van der Waals surface area contributed by atoms with Crippen LogP contribution in [0.3, 0.4) is 0 Å². The number of piperidine rings is 1. The predicted octanol–water partition coefficient (Wildman–Crippen LogP) is 4.68. The van der Waals surface area contributed by atoms with Crippen molar-refractivity contribution < 1.29 is 9.18 Å². The zero-order valence-corrected chi connectivity index (χ0v) is 18.2. The molecule has 7 heteroatoms. The summed E-state index contributed by atoms with van der Waals surface area (Å²) in [5.41, 5.74) is 3.83. The number of aromatic nitrogens is 2. The maximum absolute atomic E-state index is 13.1. The van der Waals surface area contributed by atoms with Gasteiger partial charge in [0.2, 0.25) is 0 Å². The number of hydrogen-bond acceptors (Lipinski definition) is 3. The van der Waals surface area contributed by atoms with E-state index in [1.54, 1.807) is 18.3 Å². The molecular formula is C25H30FN5O. The number of amides is 2. The average Bonchev–Trinajstić information content (AvgIpc) is 3.34. The molecule has 0 radical (unpaired) electrons. The van der Waals surface area contributed by atoms with Crippen molar-refractivity contribution in [2.75, 3.05) is 31.5 Å². The lowest BCUT2D eigenvalue weighted by Gasteiger charge is -2.32. The zero-order valence-electron chi connectivity index (χ0n) is 18.2. The number of halogens is 1. The van der Waals surface area contributed by atoms with Crippen LogP contribution in [0.2, 0.25) is 0 Å². The molecule has 6 nitrogen and oxygen atoms in total. The summed E-state index contributed by atoms with van der Waals surface area (Å²) in [6.45, 7) is 3.76. The smallest absolute Gasteiger partial charge is 0.319 e. The van der Waals surface area contributed by atoms with Crippen molar-refractivity contribution in [2.24, 2.45) is 5.92 Å². The van der Waals surface area contributed by atoms with Gasteiger partial charge in [-0.15, -0.1) is 0 Å². The molecule has 0 spiro atoms. The number of hydrogen-bond donors (Lipinski definition) is 3. The van der Waals surface area contributed by atoms with Crippen LogP contribution >= 0.6 is 0 Å². The lowest BCUT2D eigenvalue weighted by Crippen LogP contribution is -2.38. The SMILES string of the molecule is O=C(NCCCN1CCC[C@@H](Cc2ccc(F)cc2)C1)Nc1cccc(-c2ccn[nH]2)c1. The molecule has 3 aromatic rings. The standard InChI is InChI=1S/C25H30FN5O/c26-22-9-7-19(8-10-22)16-20-4-2-14-31(18-20)15-3-12-27-25(32)29-23-6-1-5-21(17-23)24-11-13-28-30-24/h1,5-11,13,17,20H,2-4,12,14-16,18H2,(H,28,30)(H2,27,29,32)/t20-/m0/s1. The maximum Gasteiger partial charge on any atom is 0.319 e. The Hall–Kier alpha value is -3.19. The molecule has 0 saturated carbocycles. The van der Waals surface area contributed by atoms with Gasteiger partial charge in [-0.2, -0.15) is 5.10 Å². The number of benzene rings is 2. The number of anilines is 1. The highest BCUT2D eigenvalue weighted by Gasteiger charge is 2.19. The average molecular weight is 436 g/mol. The van der Waals surface area contributed by atoms with Gasteiger partial charge in [0.25, 0.3) is 0 Å². The summed E-state index contributed by atoms with van der Waals surface area (Å²) in [6.07, 6.45) is 6.01. The van der Waals surface area contributed by atoms with Crippen molar-refractivity contribution in [2.45, 2.75) is 25.7 Å². The number of nitrogens with one attached hydrogen (secondary N) is 3. The first-order chi connectivity index (χ1) is 15.7. The van der Waals surface area contributed by atoms with Gasteiger partial charge in [-0.25, -0.2) is 9.18 Å². The Labute approximate surface area is 188 Å². The van der Waals surface area contributed by atoms with Gasteiger partial charge in [-0.05, 0) is 80.6 Å². The van der Waals surface area contributed by atoms with Crippen molar-refractivity contribution >= 4 is 11.7 Å². The lowest BCUT2D eigenvalue weighted by molar-refractivity contribution is 0.172. The van der Waals surface area contributed by atoms with E-state index in [4.69, 9.17) is 0 Å². The summed E-state index contributed by atoms with van der Waals surface area (Å²) < 4.78 is 13.1. The number of H-pyrrole nitrogens is 1. The topological polar surface area (TPSA) is 73.1 Å². The van der Waals surface area contributed by atoms with Crippen molar-refractivity contribution in [1.82, 2.24) is 20.4 Å². The normalized spacial score (nSPS) is 16.6. The van der Waals surface area contributed by atoms with Gasteiger partial charge in [-0.1, -0.05) is 24.3 Å². The third kappa shape index (κ3) is 6.40. The Balaban J connectivity index is 1.16. The van der Waals surface area contributed by atoms with E-state index in [1.165, 1.54) is 18.4 Å². The highest BCUT2D eigenvalue weighted by Crippen LogP contribution is 2.22. The number of nitrogens with zero attached hydrogens (tertiary/aromatic N) is 2. The van der Waals surface area contributed by atoms with E-state index in [0.717, 1.165) is 49.4 Å². The largest absolute Gasteiger partial charge is 0.338 e. The molecule has 0 bridgehead atoms. The molecule has 1 aliphatic rings. The maximum atomic E-state index is 13.1. The molecular weight excluding hydrogens is 405 g/mol. The molecule has 2 aromatic carbocycles. The summed E-state index contributed by atoms with van der Waals surface area (Å²) >= 11 is 0. The first kappa shape index (κ1) is 22.0. The van der Waals surface area contributed by atoms with Crippen LogP contribution < -0.4 is 10.6 Å². The summed E-state index contributed by atoms with van der Waals surface area (Å²) in [5.74, 6) is 0.425. The van der Waals surface area contributed by atoms with E-state index in [9.17, 15) is 9.18 Å². The van der Waals surface area contributed by atoms with Gasteiger partial charge in [-0.3, -0.25) is 5.10 Å². The van der Waals surface area contributed by atoms with E-state index in [-0.39, 0.29) is 11.8 Å². The summed E-state index contributed by atoms with van der Waals surface area (Å²) in [7, 11) is 0. The van der Waals surface area contributed by atoms with E-state index >= 15 is 0 Å². The van der Waals surface area contributed by atoms with E-state index in [0.29, 0.717) is 12.5 Å². The van der Waals surface area contributed by atoms with Crippen molar-refractivity contribution in [1.29, 1.82) is 0 Å². The number of aromatic amines is 1. The monoisotopic (exact) mass is 435 g/mol. The number of likely N-dealkylation sites (tertiary alicyclic amines) is 1. The first-order valence-corrected chi connectivity index (χ1v) is 11.3. The first-order valence-electron chi connectivity index (χ1n) is 11.3. The molecule has 168 valence electrons. The molecule has 32 heavy (non-hydrogen) atoms. The van der Waals surface area contributed by atoms with E-state index in [2.05, 4.69) is 25.7 Å². The quantitative estimate of drug-likeness (QED) is 0.450. The molecule has 1 aromatic heterocycles. The third-order valence-electron chi connectivity index (χ3n) is 5.91. The third-order valence-corrected chi connectivity index (χ3v) is 5.91. The van der Waals surface area contributed by atoms with Gasteiger partial charge < -0.3 is 15.5 Å². The van der Waals surface area contributed by atoms with Crippen LogP contribution in [0.15, 0.2) is 60.8 Å². The molecule has 1 fully saturated rings. The fraction of sp³-hybridized carbons (Fsp3) is 0.360. The zero-order chi connectivity index (χ0) is 22.2. The Kier molecular flexibility index (Phi) is 7.51. The van der Waals surface area contributed by atoms with Crippen LogP contribution in [0.1, 0.15) is 24.8 Å². The van der Waals surface area contributed by atoms with Crippen LogP contribution in [0.4, 0.5) is 14.9 Å². The lowest BCUT2D eigenvalue weighted by atomic mass is 9.91. The highest BCUT2D eigenvalue weighted by molar-refractivity contribution is 5.89. The summed E-state index contributed by atoms with van der Waals surface area (Å²) in [5, 5.41) is 12.7. The second-order valence-electron chi connectivity index (χ2n) is 8.43. The molecule has 1 atom stereocenters. The number of carbonyl (C=O) groups is 1. The molecule has 1 saturated heterocycles. The number of carbonyl (C=O) groups excluding carboxylic acids is 1. The molecule has 2 amide bonds. The fourth-order valence-electron chi connectivity index (χ4n) is 4.34. The van der Waals surface area contributed by atoms with Gasteiger partial charge in [0.05, 0.1) is 5.69 Å². The number of rotatable bonds is 8. The molecule has 1 aliphatic heterocycles. The van der Waals surface area contributed by atoms with Gasteiger partial charge in [0.15, 0.2) is 0 Å². The van der Waals surface area contributed by atoms with Crippen LogP contribution in [-0.4, -0.2) is 47.3 Å². The minimum Gasteiger partial charge on any atom is -0.338 e. The Morgan fingerprint density at radius 2 is 2.06 bits per heavy atom. The molecule has 0 aliphatic carbocycles. The molecule has 3 N–H and O–H groups in total. The number of urea groups is 1. The Bertz CT molecular complexity index is 990. The van der Waals surface area contributed by atoms with Crippen LogP contribution in [0.5, 0.6) is 0 Å². The minimum atomic E-state index is -0.195. The summed E-state index contributed by atoms with van der Waals surface area (Å²) in [4.78, 5) is 14.7. The fourth-order valence-corrected chi connectivity index (χ4v) is 4.34. The van der Waals surface area contributed by atoms with Crippen molar-refractivity contribution in [3.63, 3.8) is 0 Å². The summed E-state index contributed by atoms with van der Waals surface area (Å²) in [6, 6.07) is 16.2. The van der Waals surface area contributed by atoms with E-state index in [1.807, 2.05) is 42.5 Å². The van der Waals surface area contributed by atoms with E-state index < -0.39 is 0 Å². The van der Waals surface area contributed by atoms with Gasteiger partial charge in [0.1, 0.15) is 5.82 Å². The molecule has 4 rings (SSSR count). The van der Waals surface area contributed by atoms with Crippen molar-refractivity contribution in [3.8, 4) is 11.3 Å². The minimum absolute atomic E-state index is 0.180.